The second-order valence-corrected chi connectivity index (χ2v) is 5.74. The number of rotatable bonds is 6. The van der Waals surface area contributed by atoms with Crippen molar-refractivity contribution in [3.63, 3.8) is 0 Å². The van der Waals surface area contributed by atoms with Crippen molar-refractivity contribution in [3.05, 3.63) is 24.7 Å². The molecule has 0 aromatic carbocycles. The summed E-state index contributed by atoms with van der Waals surface area (Å²) in [6.45, 7) is 1.13. The van der Waals surface area contributed by atoms with Gasteiger partial charge in [0, 0.05) is 32.1 Å². The Morgan fingerprint density at radius 1 is 1.47 bits per heavy atom. The van der Waals surface area contributed by atoms with Crippen LogP contribution in [0, 0.1) is 0 Å². The number of aryl methyl sites for hydroxylation is 2. The van der Waals surface area contributed by atoms with Crippen LogP contribution in [-0.2, 0) is 23.6 Å². The summed E-state index contributed by atoms with van der Waals surface area (Å²) in [5.74, 6) is 0.275. The van der Waals surface area contributed by atoms with Crippen LogP contribution in [-0.4, -0.2) is 34.5 Å². The number of nitrogens with zero attached hydrogens (tertiary/aromatic N) is 4. The lowest BCUT2D eigenvalue weighted by atomic mass is 10.4. The van der Waals surface area contributed by atoms with Crippen LogP contribution in [0.4, 0.5) is 5.82 Å². The summed E-state index contributed by atoms with van der Waals surface area (Å²) in [6.07, 6.45) is 5.18. The highest BCUT2D eigenvalue weighted by Gasteiger charge is 2.17. The first-order valence-corrected chi connectivity index (χ1v) is 7.24. The van der Waals surface area contributed by atoms with Gasteiger partial charge in [-0.2, -0.15) is 10.2 Å². The van der Waals surface area contributed by atoms with Crippen LogP contribution in [0.1, 0.15) is 6.42 Å². The van der Waals surface area contributed by atoms with Gasteiger partial charge in [-0.3, -0.25) is 14.1 Å². The minimum atomic E-state index is -3.64. The lowest BCUT2D eigenvalue weighted by Crippen LogP contribution is -2.13. The fraction of sp³-hybridized carbons (Fsp3) is 0.400. The third-order valence-electron chi connectivity index (χ3n) is 2.46. The quantitative estimate of drug-likeness (QED) is 0.761. The van der Waals surface area contributed by atoms with Crippen LogP contribution in [0.15, 0.2) is 29.6 Å². The zero-order valence-corrected chi connectivity index (χ0v) is 11.3. The lowest BCUT2D eigenvalue weighted by Gasteiger charge is -2.02. The van der Waals surface area contributed by atoms with E-state index in [-0.39, 0.29) is 10.7 Å². The Morgan fingerprint density at radius 2 is 2.26 bits per heavy atom. The first-order chi connectivity index (χ1) is 9.01. The monoisotopic (exact) mass is 284 g/mol. The number of nitrogens with two attached hydrogens (primary N) is 1. The maximum absolute atomic E-state index is 12.1. The van der Waals surface area contributed by atoms with Crippen LogP contribution in [0.2, 0.25) is 0 Å². The van der Waals surface area contributed by atoms with Crippen molar-refractivity contribution in [1.82, 2.24) is 19.6 Å². The highest BCUT2D eigenvalue weighted by molar-refractivity contribution is 7.92. The molecule has 0 bridgehead atoms. The Kier molecular flexibility index (Phi) is 3.86. The zero-order valence-electron chi connectivity index (χ0n) is 10.5. The average Bonchev–Trinajstić information content (AvgIpc) is 2.95. The molecule has 19 heavy (non-hydrogen) atoms. The highest BCUT2D eigenvalue weighted by Crippen LogP contribution is 2.13. The number of nitrogens with one attached hydrogen (secondary N) is 1. The summed E-state index contributed by atoms with van der Waals surface area (Å²) in [5, 5.41) is 7.94. The van der Waals surface area contributed by atoms with Crippen molar-refractivity contribution in [2.24, 2.45) is 12.8 Å². The molecule has 0 amide bonds. The molecule has 8 nitrogen and oxygen atoms in total. The molecule has 2 heterocycles. The number of hydrogen-bond acceptors (Lipinski definition) is 5. The van der Waals surface area contributed by atoms with Gasteiger partial charge in [0.2, 0.25) is 0 Å². The van der Waals surface area contributed by atoms with E-state index in [4.69, 9.17) is 5.73 Å². The molecule has 0 aliphatic heterocycles. The van der Waals surface area contributed by atoms with Gasteiger partial charge in [0.15, 0.2) is 5.82 Å². The summed E-state index contributed by atoms with van der Waals surface area (Å²) < 4.78 is 29.6. The molecule has 0 atom stereocenters. The molecule has 104 valence electrons. The molecular formula is C10H16N6O2S. The molecule has 0 saturated carbocycles. The molecule has 2 aromatic rings. The topological polar surface area (TPSA) is 108 Å². The highest BCUT2D eigenvalue weighted by atomic mass is 32.2. The van der Waals surface area contributed by atoms with Crippen molar-refractivity contribution in [1.29, 1.82) is 0 Å². The van der Waals surface area contributed by atoms with Crippen LogP contribution >= 0.6 is 0 Å². The molecule has 0 fully saturated rings. The zero-order chi connectivity index (χ0) is 13.9. The fourth-order valence-electron chi connectivity index (χ4n) is 1.53. The van der Waals surface area contributed by atoms with Crippen LogP contribution in [0.5, 0.6) is 0 Å². The second kappa shape index (κ2) is 5.41. The molecule has 0 aliphatic rings. The molecule has 2 rings (SSSR count). The number of hydrogen-bond donors (Lipinski definition) is 2. The average molecular weight is 284 g/mol. The molecule has 0 radical (unpaired) electrons. The summed E-state index contributed by atoms with van der Waals surface area (Å²) >= 11 is 0. The minimum Gasteiger partial charge on any atom is -0.330 e. The third-order valence-corrected chi connectivity index (χ3v) is 3.77. The Morgan fingerprint density at radius 3 is 2.89 bits per heavy atom. The Labute approximate surface area is 111 Å². The maximum atomic E-state index is 12.1. The van der Waals surface area contributed by atoms with Gasteiger partial charge >= 0.3 is 0 Å². The number of aromatic nitrogens is 4. The predicted molar refractivity (Wildman–Crippen MR) is 69.9 cm³/mol. The van der Waals surface area contributed by atoms with E-state index in [1.54, 1.807) is 24.0 Å². The van der Waals surface area contributed by atoms with E-state index >= 15 is 0 Å². The summed E-state index contributed by atoms with van der Waals surface area (Å²) in [4.78, 5) is 0.107. The van der Waals surface area contributed by atoms with Gasteiger partial charge in [0.05, 0.1) is 6.20 Å². The Balaban J connectivity index is 2.13. The SMILES string of the molecule is Cn1ccc(NS(=O)(=O)c2cnn(CCCN)c2)n1. The first-order valence-electron chi connectivity index (χ1n) is 5.76. The second-order valence-electron chi connectivity index (χ2n) is 4.06. The van der Waals surface area contributed by atoms with Crippen LogP contribution < -0.4 is 10.5 Å². The van der Waals surface area contributed by atoms with Gasteiger partial charge in [-0.05, 0) is 13.0 Å². The lowest BCUT2D eigenvalue weighted by molar-refractivity contribution is 0.582. The van der Waals surface area contributed by atoms with Crippen molar-refractivity contribution < 1.29 is 8.42 Å². The molecule has 9 heteroatoms. The molecule has 2 aromatic heterocycles. The van der Waals surface area contributed by atoms with Crippen molar-refractivity contribution in [3.8, 4) is 0 Å². The fourth-order valence-corrected chi connectivity index (χ4v) is 2.47. The smallest absolute Gasteiger partial charge is 0.266 e. The van der Waals surface area contributed by atoms with E-state index in [1.807, 2.05) is 0 Å². The number of anilines is 1. The van der Waals surface area contributed by atoms with Crippen LogP contribution in [0.3, 0.4) is 0 Å². The molecule has 3 N–H and O–H groups in total. The Bertz CT molecular complexity index is 645. The van der Waals surface area contributed by atoms with Gasteiger partial charge in [-0.15, -0.1) is 0 Å². The molecule has 0 aliphatic carbocycles. The largest absolute Gasteiger partial charge is 0.330 e. The van der Waals surface area contributed by atoms with E-state index in [0.29, 0.717) is 13.1 Å². The summed E-state index contributed by atoms with van der Waals surface area (Å²) in [5.41, 5.74) is 5.39. The van der Waals surface area contributed by atoms with Gasteiger partial charge in [-0.25, -0.2) is 8.42 Å². The van der Waals surface area contributed by atoms with Crippen LogP contribution in [0.25, 0.3) is 0 Å². The van der Waals surface area contributed by atoms with Crippen molar-refractivity contribution in [2.75, 3.05) is 11.3 Å². The minimum absolute atomic E-state index is 0.107. The molecule has 0 saturated heterocycles. The van der Waals surface area contributed by atoms with Gasteiger partial charge in [0.1, 0.15) is 4.90 Å². The van der Waals surface area contributed by atoms with E-state index in [1.165, 1.54) is 17.1 Å². The van der Waals surface area contributed by atoms with Gasteiger partial charge in [-0.1, -0.05) is 0 Å². The van der Waals surface area contributed by atoms with Gasteiger partial charge in [0.25, 0.3) is 10.0 Å². The standard InChI is InChI=1S/C10H16N6O2S/c1-15-6-3-10(13-15)14-19(17,18)9-7-12-16(8-9)5-2-4-11/h3,6-8H,2,4-5,11H2,1H3,(H,13,14). The third kappa shape index (κ3) is 3.32. The van der Waals surface area contributed by atoms with E-state index in [2.05, 4.69) is 14.9 Å². The molecule has 0 spiro atoms. The van der Waals surface area contributed by atoms with Crippen molar-refractivity contribution >= 4 is 15.8 Å². The Hall–Kier alpha value is -1.87. The molecule has 0 unspecified atom stereocenters. The van der Waals surface area contributed by atoms with E-state index in [9.17, 15) is 8.42 Å². The van der Waals surface area contributed by atoms with Gasteiger partial charge < -0.3 is 5.73 Å². The van der Waals surface area contributed by atoms with Crippen molar-refractivity contribution in [2.45, 2.75) is 17.9 Å². The maximum Gasteiger partial charge on any atom is 0.266 e. The predicted octanol–water partition coefficient (Wildman–Crippen LogP) is -0.234. The van der Waals surface area contributed by atoms with E-state index in [0.717, 1.165) is 6.42 Å². The first kappa shape index (κ1) is 13.6. The van der Waals surface area contributed by atoms with E-state index < -0.39 is 10.0 Å². The summed E-state index contributed by atoms with van der Waals surface area (Å²) in [6, 6.07) is 1.58. The normalized spacial score (nSPS) is 11.7. The summed E-state index contributed by atoms with van der Waals surface area (Å²) in [7, 11) is -1.93. The number of sulfonamides is 1. The molecular weight excluding hydrogens is 268 g/mol.